The number of carbonyl (C=O) groups excluding carboxylic acids is 1. The van der Waals surface area contributed by atoms with E-state index in [1.165, 1.54) is 25.3 Å². The first-order chi connectivity index (χ1) is 9.52. The highest BCUT2D eigenvalue weighted by Crippen LogP contribution is 2.39. The average molecular weight is 354 g/mol. The second kappa shape index (κ2) is 7.35. The molecule has 0 radical (unpaired) electrons. The summed E-state index contributed by atoms with van der Waals surface area (Å²) in [5, 5.41) is 0.940. The van der Waals surface area contributed by atoms with Crippen molar-refractivity contribution in [3.05, 3.63) is 31.7 Å². The minimum Gasteiger partial charge on any atom is -0.294 e. The van der Waals surface area contributed by atoms with Crippen LogP contribution in [0.5, 0.6) is 0 Å². The molecule has 1 aromatic rings. The van der Waals surface area contributed by atoms with Crippen molar-refractivity contribution in [1.82, 2.24) is 0 Å². The van der Waals surface area contributed by atoms with Crippen LogP contribution in [0.2, 0.25) is 20.1 Å². The Kier molecular flexibility index (Phi) is 6.04. The van der Waals surface area contributed by atoms with Gasteiger partial charge in [0.1, 0.15) is 0 Å². The number of Topliss-reactive ketones (excluding diaryl/α,β-unsaturated/α-hetero) is 1. The summed E-state index contributed by atoms with van der Waals surface area (Å²) >= 11 is 24.3. The minimum atomic E-state index is -0.0115. The molecule has 1 aromatic carbocycles. The second-order valence-corrected chi connectivity index (χ2v) is 6.82. The van der Waals surface area contributed by atoms with Crippen LogP contribution in [-0.2, 0) is 0 Å². The summed E-state index contributed by atoms with van der Waals surface area (Å²) in [5.74, 6) is -0.0111. The van der Waals surface area contributed by atoms with Gasteiger partial charge in [0, 0.05) is 5.92 Å². The van der Waals surface area contributed by atoms with E-state index in [-0.39, 0.29) is 31.8 Å². The topological polar surface area (TPSA) is 17.1 Å². The van der Waals surface area contributed by atoms with E-state index in [1.807, 2.05) is 0 Å². The molecule has 0 aromatic heterocycles. The highest BCUT2D eigenvalue weighted by atomic mass is 35.5. The molecule has 20 heavy (non-hydrogen) atoms. The number of ketones is 1. The molecule has 0 saturated heterocycles. The van der Waals surface area contributed by atoms with Gasteiger partial charge in [0.2, 0.25) is 0 Å². The van der Waals surface area contributed by atoms with Crippen LogP contribution in [0.1, 0.15) is 55.3 Å². The second-order valence-electron chi connectivity index (χ2n) is 5.25. The first kappa shape index (κ1) is 16.4. The SMILES string of the molecule is O=C(c1c(Cl)cc(Cl)c(Cl)c1Cl)C1CCCCCCC1. The first-order valence-corrected chi connectivity index (χ1v) is 8.40. The molecule has 1 aliphatic rings. The molecular weight excluding hydrogens is 338 g/mol. The van der Waals surface area contributed by atoms with Crippen molar-refractivity contribution in [2.45, 2.75) is 44.9 Å². The Balaban J connectivity index is 2.30. The van der Waals surface area contributed by atoms with Crippen molar-refractivity contribution in [2.24, 2.45) is 5.92 Å². The lowest BCUT2D eigenvalue weighted by Gasteiger charge is -2.20. The van der Waals surface area contributed by atoms with Crippen LogP contribution in [0.3, 0.4) is 0 Å². The predicted octanol–water partition coefficient (Wildman–Crippen LogP) is 6.84. The fourth-order valence-corrected chi connectivity index (χ4v) is 3.81. The summed E-state index contributed by atoms with van der Waals surface area (Å²) in [5.41, 5.74) is 0.327. The van der Waals surface area contributed by atoms with E-state index in [4.69, 9.17) is 46.4 Å². The van der Waals surface area contributed by atoms with Gasteiger partial charge in [0.15, 0.2) is 5.78 Å². The molecule has 0 spiro atoms. The Labute approximate surface area is 139 Å². The van der Waals surface area contributed by atoms with E-state index in [2.05, 4.69) is 0 Å². The third-order valence-electron chi connectivity index (χ3n) is 3.84. The number of benzene rings is 1. The quantitative estimate of drug-likeness (QED) is 0.323. The Bertz CT molecular complexity index is 505. The van der Waals surface area contributed by atoms with Crippen molar-refractivity contribution < 1.29 is 4.79 Å². The zero-order chi connectivity index (χ0) is 14.7. The smallest absolute Gasteiger partial charge is 0.168 e. The predicted molar refractivity (Wildman–Crippen MR) is 86.6 cm³/mol. The molecule has 0 atom stereocenters. The summed E-state index contributed by atoms with van der Waals surface area (Å²) in [7, 11) is 0. The molecule has 5 heteroatoms. The number of hydrogen-bond donors (Lipinski definition) is 0. The first-order valence-electron chi connectivity index (χ1n) is 6.89. The van der Waals surface area contributed by atoms with Gasteiger partial charge >= 0.3 is 0 Å². The van der Waals surface area contributed by atoms with Gasteiger partial charge in [0.05, 0.1) is 25.7 Å². The number of rotatable bonds is 2. The lowest BCUT2D eigenvalue weighted by atomic mass is 9.85. The highest BCUT2D eigenvalue weighted by Gasteiger charge is 2.26. The monoisotopic (exact) mass is 352 g/mol. The molecular formula is C15H16Cl4O. The molecule has 1 saturated carbocycles. The molecule has 1 nitrogen and oxygen atoms in total. The standard InChI is InChI=1S/C15H16Cl4O/c16-10-8-11(17)13(18)14(19)12(10)15(20)9-6-4-2-1-3-5-7-9/h8-9H,1-7H2. The maximum absolute atomic E-state index is 12.7. The van der Waals surface area contributed by atoms with E-state index in [9.17, 15) is 4.79 Å². The van der Waals surface area contributed by atoms with Crippen LogP contribution >= 0.6 is 46.4 Å². The van der Waals surface area contributed by atoms with Gasteiger partial charge in [-0.2, -0.15) is 0 Å². The van der Waals surface area contributed by atoms with Crippen molar-refractivity contribution >= 4 is 52.2 Å². The molecule has 110 valence electrons. The Morgan fingerprint density at radius 3 is 2.00 bits per heavy atom. The van der Waals surface area contributed by atoms with Gasteiger partial charge in [-0.15, -0.1) is 0 Å². The molecule has 0 unspecified atom stereocenters. The Morgan fingerprint density at radius 2 is 1.40 bits per heavy atom. The van der Waals surface area contributed by atoms with Gasteiger partial charge in [0.25, 0.3) is 0 Å². The molecule has 0 N–H and O–H groups in total. The summed E-state index contributed by atoms with van der Waals surface area (Å²) < 4.78 is 0. The third-order valence-corrected chi connectivity index (χ3v) is 5.40. The van der Waals surface area contributed by atoms with Gasteiger partial charge < -0.3 is 0 Å². The molecule has 1 fully saturated rings. The number of halogens is 4. The van der Waals surface area contributed by atoms with Crippen molar-refractivity contribution in [1.29, 1.82) is 0 Å². The van der Waals surface area contributed by atoms with E-state index < -0.39 is 0 Å². The van der Waals surface area contributed by atoms with Crippen LogP contribution in [0.15, 0.2) is 6.07 Å². The lowest BCUT2D eigenvalue weighted by Crippen LogP contribution is -2.17. The molecule has 2 rings (SSSR count). The zero-order valence-electron chi connectivity index (χ0n) is 11.0. The van der Waals surface area contributed by atoms with E-state index in [1.54, 1.807) is 0 Å². The summed E-state index contributed by atoms with van der Waals surface area (Å²) in [6.07, 6.45) is 7.58. The summed E-state index contributed by atoms with van der Waals surface area (Å²) in [4.78, 5) is 12.7. The fraction of sp³-hybridized carbons (Fsp3) is 0.533. The van der Waals surface area contributed by atoms with Gasteiger partial charge in [-0.3, -0.25) is 4.79 Å². The fourth-order valence-electron chi connectivity index (χ4n) is 2.71. The van der Waals surface area contributed by atoms with E-state index in [0.717, 1.165) is 25.7 Å². The Morgan fingerprint density at radius 1 is 0.850 bits per heavy atom. The van der Waals surface area contributed by atoms with E-state index >= 15 is 0 Å². The van der Waals surface area contributed by atoms with Crippen LogP contribution in [0, 0.1) is 5.92 Å². The van der Waals surface area contributed by atoms with Crippen LogP contribution < -0.4 is 0 Å². The van der Waals surface area contributed by atoms with Gasteiger partial charge in [-0.05, 0) is 18.9 Å². The Hall–Kier alpha value is 0.0500. The number of hydrogen-bond acceptors (Lipinski definition) is 1. The van der Waals surface area contributed by atoms with Crippen LogP contribution in [-0.4, -0.2) is 5.78 Å². The summed E-state index contributed by atoms with van der Waals surface area (Å²) in [6.45, 7) is 0. The minimum absolute atomic E-state index is 0.000432. The summed E-state index contributed by atoms with van der Waals surface area (Å²) in [6, 6.07) is 1.49. The molecule has 0 amide bonds. The number of carbonyl (C=O) groups is 1. The van der Waals surface area contributed by atoms with Crippen LogP contribution in [0.25, 0.3) is 0 Å². The van der Waals surface area contributed by atoms with E-state index in [0.29, 0.717) is 5.56 Å². The molecule has 0 heterocycles. The largest absolute Gasteiger partial charge is 0.294 e. The molecule has 0 bridgehead atoms. The normalized spacial score (nSPS) is 17.6. The maximum Gasteiger partial charge on any atom is 0.168 e. The lowest BCUT2D eigenvalue weighted by molar-refractivity contribution is 0.0898. The molecule has 0 aliphatic heterocycles. The average Bonchev–Trinajstić information content (AvgIpc) is 2.35. The van der Waals surface area contributed by atoms with Crippen LogP contribution in [0.4, 0.5) is 0 Å². The van der Waals surface area contributed by atoms with Crippen molar-refractivity contribution in [3.63, 3.8) is 0 Å². The maximum atomic E-state index is 12.7. The van der Waals surface area contributed by atoms with Crippen molar-refractivity contribution in [3.8, 4) is 0 Å². The van der Waals surface area contributed by atoms with Gasteiger partial charge in [-0.25, -0.2) is 0 Å². The van der Waals surface area contributed by atoms with Gasteiger partial charge in [-0.1, -0.05) is 78.5 Å². The zero-order valence-corrected chi connectivity index (χ0v) is 14.0. The third kappa shape index (κ3) is 3.62. The van der Waals surface area contributed by atoms with Crippen molar-refractivity contribution in [2.75, 3.05) is 0 Å². The highest BCUT2D eigenvalue weighted by molar-refractivity contribution is 6.51. The molecule has 1 aliphatic carbocycles.